The largest absolute Gasteiger partial charge is 0.306 e. The Hall–Kier alpha value is -0.160. The summed E-state index contributed by atoms with van der Waals surface area (Å²) >= 11 is 0. The highest BCUT2D eigenvalue weighted by atomic mass is 15.2. The van der Waals surface area contributed by atoms with Crippen molar-refractivity contribution in [2.45, 2.75) is 71.1 Å². The molecule has 0 aromatic carbocycles. The SMILES string of the molecule is CC1CCN(CCC2CCN(CCC3CCN(CC4CCN(C)CC4)CC3)CC2)CC1. The van der Waals surface area contributed by atoms with Gasteiger partial charge in [0.15, 0.2) is 0 Å². The molecule has 0 atom stereocenters. The molecule has 0 aliphatic carbocycles. The van der Waals surface area contributed by atoms with Gasteiger partial charge in [-0.3, -0.25) is 0 Å². The topological polar surface area (TPSA) is 13.0 Å². The maximum Gasteiger partial charge on any atom is 0.00106 e. The number of piperidine rings is 4. The van der Waals surface area contributed by atoms with E-state index in [1.165, 1.54) is 136 Å². The molecule has 4 saturated heterocycles. The lowest BCUT2D eigenvalue weighted by molar-refractivity contribution is 0.112. The first-order chi connectivity index (χ1) is 15.1. The summed E-state index contributed by atoms with van der Waals surface area (Å²) in [6.07, 6.45) is 14.4. The molecular weight excluding hydrogens is 380 g/mol. The van der Waals surface area contributed by atoms with Gasteiger partial charge >= 0.3 is 0 Å². The lowest BCUT2D eigenvalue weighted by Gasteiger charge is -2.38. The van der Waals surface area contributed by atoms with Crippen LogP contribution in [0.1, 0.15) is 71.1 Å². The van der Waals surface area contributed by atoms with E-state index in [4.69, 9.17) is 0 Å². The average molecular weight is 433 g/mol. The quantitative estimate of drug-likeness (QED) is 0.568. The fourth-order valence-corrected chi connectivity index (χ4v) is 6.58. The summed E-state index contributed by atoms with van der Waals surface area (Å²) in [5.74, 6) is 3.92. The van der Waals surface area contributed by atoms with Crippen molar-refractivity contribution in [3.05, 3.63) is 0 Å². The van der Waals surface area contributed by atoms with E-state index in [0.29, 0.717) is 0 Å². The van der Waals surface area contributed by atoms with Gasteiger partial charge in [-0.25, -0.2) is 0 Å². The summed E-state index contributed by atoms with van der Waals surface area (Å²) in [4.78, 5) is 10.8. The zero-order valence-electron chi connectivity index (χ0n) is 20.9. The van der Waals surface area contributed by atoms with E-state index in [9.17, 15) is 0 Å². The molecule has 0 amide bonds. The van der Waals surface area contributed by atoms with Gasteiger partial charge in [-0.15, -0.1) is 0 Å². The van der Waals surface area contributed by atoms with Gasteiger partial charge in [-0.05, 0) is 160 Å². The van der Waals surface area contributed by atoms with Gasteiger partial charge in [0.05, 0.1) is 0 Å². The second kappa shape index (κ2) is 12.3. The molecule has 4 heteroatoms. The van der Waals surface area contributed by atoms with Crippen molar-refractivity contribution in [1.29, 1.82) is 0 Å². The molecule has 4 aliphatic heterocycles. The van der Waals surface area contributed by atoms with Crippen LogP contribution in [0, 0.1) is 23.7 Å². The fourth-order valence-electron chi connectivity index (χ4n) is 6.58. The Labute approximate surface area is 193 Å². The molecule has 4 nitrogen and oxygen atoms in total. The van der Waals surface area contributed by atoms with E-state index in [2.05, 4.69) is 33.6 Å². The van der Waals surface area contributed by atoms with Gasteiger partial charge < -0.3 is 19.6 Å². The number of hydrogen-bond acceptors (Lipinski definition) is 4. The van der Waals surface area contributed by atoms with Crippen molar-refractivity contribution >= 4 is 0 Å². The number of nitrogens with zero attached hydrogens (tertiary/aromatic N) is 4. The number of rotatable bonds is 8. The Morgan fingerprint density at radius 2 is 0.935 bits per heavy atom. The van der Waals surface area contributed by atoms with E-state index in [1.54, 1.807) is 0 Å². The molecule has 31 heavy (non-hydrogen) atoms. The molecule has 4 aliphatic rings. The summed E-state index contributed by atoms with van der Waals surface area (Å²) in [5, 5.41) is 0. The average Bonchev–Trinajstić information content (AvgIpc) is 2.80. The van der Waals surface area contributed by atoms with Crippen LogP contribution < -0.4 is 0 Å². The Bertz CT molecular complexity index is 479. The molecule has 0 bridgehead atoms. The monoisotopic (exact) mass is 432 g/mol. The summed E-state index contributed by atoms with van der Waals surface area (Å²) < 4.78 is 0. The van der Waals surface area contributed by atoms with E-state index >= 15 is 0 Å². The highest BCUT2D eigenvalue weighted by Gasteiger charge is 2.25. The number of hydrogen-bond donors (Lipinski definition) is 0. The second-order valence-electron chi connectivity index (χ2n) is 11.9. The van der Waals surface area contributed by atoms with Crippen LogP contribution in [0.15, 0.2) is 0 Å². The minimum atomic E-state index is 0.964. The Morgan fingerprint density at radius 3 is 1.45 bits per heavy atom. The Balaban J connectivity index is 1.03. The molecule has 0 aromatic heterocycles. The predicted molar refractivity (Wildman–Crippen MR) is 133 cm³/mol. The molecule has 0 spiro atoms. The van der Waals surface area contributed by atoms with E-state index in [1.807, 2.05) is 0 Å². The third kappa shape index (κ3) is 7.98. The van der Waals surface area contributed by atoms with Gasteiger partial charge in [0.25, 0.3) is 0 Å². The van der Waals surface area contributed by atoms with Crippen LogP contribution in [0.4, 0.5) is 0 Å². The first kappa shape index (κ1) is 24.0. The smallest absolute Gasteiger partial charge is 0.00106 e. The van der Waals surface area contributed by atoms with Crippen LogP contribution in [-0.4, -0.2) is 98.6 Å². The van der Waals surface area contributed by atoms with Crippen molar-refractivity contribution in [3.63, 3.8) is 0 Å². The molecular formula is C27H52N4. The van der Waals surface area contributed by atoms with E-state index in [-0.39, 0.29) is 0 Å². The van der Waals surface area contributed by atoms with Gasteiger partial charge in [0, 0.05) is 6.54 Å². The van der Waals surface area contributed by atoms with Gasteiger partial charge in [-0.2, -0.15) is 0 Å². The van der Waals surface area contributed by atoms with Crippen LogP contribution in [0.3, 0.4) is 0 Å². The lowest BCUT2D eigenvalue weighted by Crippen LogP contribution is -2.41. The standard InChI is InChI=1S/C27H52N4/c1-24-3-15-29(16-4-24)17-7-25-8-18-30(19-9-25)20-10-26-11-21-31(22-12-26)23-27-5-13-28(2)14-6-27/h24-27H,3-23H2,1-2H3. The third-order valence-electron chi connectivity index (χ3n) is 9.35. The van der Waals surface area contributed by atoms with Crippen LogP contribution in [0.25, 0.3) is 0 Å². The first-order valence-electron chi connectivity index (χ1n) is 14.0. The molecule has 180 valence electrons. The van der Waals surface area contributed by atoms with Crippen molar-refractivity contribution in [2.75, 3.05) is 79.0 Å². The van der Waals surface area contributed by atoms with Crippen molar-refractivity contribution < 1.29 is 0 Å². The maximum absolute atomic E-state index is 2.80. The highest BCUT2D eigenvalue weighted by Crippen LogP contribution is 2.26. The van der Waals surface area contributed by atoms with Crippen molar-refractivity contribution in [2.24, 2.45) is 23.7 Å². The van der Waals surface area contributed by atoms with Crippen LogP contribution in [0.2, 0.25) is 0 Å². The molecule has 0 N–H and O–H groups in total. The maximum atomic E-state index is 2.80. The van der Waals surface area contributed by atoms with E-state index in [0.717, 1.165) is 23.7 Å². The Kier molecular flexibility index (Phi) is 9.55. The van der Waals surface area contributed by atoms with Crippen LogP contribution in [-0.2, 0) is 0 Å². The molecule has 0 radical (unpaired) electrons. The molecule has 4 rings (SSSR count). The lowest BCUT2D eigenvalue weighted by atomic mass is 9.90. The predicted octanol–water partition coefficient (Wildman–Crippen LogP) is 4.26. The zero-order valence-corrected chi connectivity index (χ0v) is 20.9. The minimum Gasteiger partial charge on any atom is -0.306 e. The molecule has 4 fully saturated rings. The van der Waals surface area contributed by atoms with E-state index < -0.39 is 0 Å². The van der Waals surface area contributed by atoms with Crippen LogP contribution >= 0.6 is 0 Å². The van der Waals surface area contributed by atoms with Crippen molar-refractivity contribution in [1.82, 2.24) is 19.6 Å². The first-order valence-corrected chi connectivity index (χ1v) is 14.0. The zero-order chi connectivity index (χ0) is 21.5. The molecule has 0 saturated carbocycles. The summed E-state index contributed by atoms with van der Waals surface area (Å²) in [6.45, 7) is 17.4. The third-order valence-corrected chi connectivity index (χ3v) is 9.35. The second-order valence-corrected chi connectivity index (χ2v) is 11.9. The van der Waals surface area contributed by atoms with Crippen LogP contribution in [0.5, 0.6) is 0 Å². The Morgan fingerprint density at radius 1 is 0.516 bits per heavy atom. The van der Waals surface area contributed by atoms with Gasteiger partial charge in [0.2, 0.25) is 0 Å². The molecule has 4 heterocycles. The van der Waals surface area contributed by atoms with Crippen molar-refractivity contribution in [3.8, 4) is 0 Å². The summed E-state index contributed by atoms with van der Waals surface area (Å²) in [5.41, 5.74) is 0. The number of likely N-dealkylation sites (tertiary alicyclic amines) is 4. The summed E-state index contributed by atoms with van der Waals surface area (Å²) in [6, 6.07) is 0. The van der Waals surface area contributed by atoms with Gasteiger partial charge in [-0.1, -0.05) is 6.92 Å². The molecule has 0 unspecified atom stereocenters. The van der Waals surface area contributed by atoms with Gasteiger partial charge in [0.1, 0.15) is 0 Å². The summed E-state index contributed by atoms with van der Waals surface area (Å²) in [7, 11) is 2.28. The molecule has 0 aromatic rings. The highest BCUT2D eigenvalue weighted by molar-refractivity contribution is 4.80. The fraction of sp³-hybridized carbons (Fsp3) is 1.00. The normalized spacial score (nSPS) is 28.5. The minimum absolute atomic E-state index is 0.964.